The minimum Gasteiger partial charge on any atom is -0.465 e. The summed E-state index contributed by atoms with van der Waals surface area (Å²) in [6.07, 6.45) is 2.57. The van der Waals surface area contributed by atoms with Gasteiger partial charge in [0, 0.05) is 19.8 Å². The maximum absolute atomic E-state index is 10.9. The Morgan fingerprint density at radius 2 is 2.07 bits per heavy atom. The van der Waals surface area contributed by atoms with Crippen molar-refractivity contribution in [3.63, 3.8) is 0 Å². The summed E-state index contributed by atoms with van der Waals surface area (Å²) in [6.45, 7) is 4.98. The first-order valence-electron chi connectivity index (χ1n) is 4.98. The van der Waals surface area contributed by atoms with E-state index in [0.717, 1.165) is 12.0 Å². The number of hydrogen-bond acceptors (Lipinski definition) is 4. The molecular formula is C11H16O4. The molecule has 0 amide bonds. The molecule has 0 aromatic heterocycles. The minimum absolute atomic E-state index is 0.0674. The Hall–Kier alpha value is -1.32. The third kappa shape index (κ3) is 3.38. The molecule has 0 N–H and O–H groups in total. The van der Waals surface area contributed by atoms with Gasteiger partial charge in [0.25, 0.3) is 0 Å². The van der Waals surface area contributed by atoms with E-state index >= 15 is 0 Å². The van der Waals surface area contributed by atoms with Crippen LogP contribution in [0.1, 0.15) is 27.2 Å². The maximum atomic E-state index is 10.9. The lowest BCUT2D eigenvalue weighted by atomic mass is 10.0. The molecule has 0 bridgehead atoms. The molecule has 0 unspecified atom stereocenters. The Labute approximate surface area is 89.2 Å². The lowest BCUT2D eigenvalue weighted by Gasteiger charge is -2.20. The first-order chi connectivity index (χ1) is 7.00. The fourth-order valence-corrected chi connectivity index (χ4v) is 1.70. The van der Waals surface area contributed by atoms with Crippen molar-refractivity contribution >= 4 is 11.9 Å². The van der Waals surface area contributed by atoms with E-state index in [-0.39, 0.29) is 24.0 Å². The highest BCUT2D eigenvalue weighted by Gasteiger charge is 2.30. The third-order valence-corrected chi connectivity index (χ3v) is 2.41. The van der Waals surface area contributed by atoms with Crippen LogP contribution < -0.4 is 0 Å². The molecule has 0 aromatic rings. The molecule has 4 heteroatoms. The predicted octanol–water partition coefficient (Wildman–Crippen LogP) is 1.45. The number of ether oxygens (including phenoxy) is 2. The molecule has 84 valence electrons. The largest absolute Gasteiger partial charge is 0.465 e. The summed E-state index contributed by atoms with van der Waals surface area (Å²) < 4.78 is 10.1. The second-order valence-electron chi connectivity index (χ2n) is 3.78. The number of hydrogen-bond donors (Lipinski definition) is 0. The SMILES string of the molecule is CC(=O)OC[C@H]1CC=C(C)[C@H]1OC(C)=O. The van der Waals surface area contributed by atoms with Crippen LogP contribution in [0, 0.1) is 5.92 Å². The molecule has 1 aliphatic carbocycles. The molecule has 0 aliphatic heterocycles. The zero-order chi connectivity index (χ0) is 11.4. The minimum atomic E-state index is -0.305. The standard InChI is InChI=1S/C11H16O4/c1-7-4-5-10(6-14-8(2)12)11(7)15-9(3)13/h4,10-11H,5-6H2,1-3H3/t10-,11-/m1/s1. The van der Waals surface area contributed by atoms with Crippen LogP contribution in [0.4, 0.5) is 0 Å². The number of allylic oxidation sites excluding steroid dienone is 1. The Balaban J connectivity index is 2.51. The molecule has 0 radical (unpaired) electrons. The van der Waals surface area contributed by atoms with Crippen molar-refractivity contribution < 1.29 is 19.1 Å². The lowest BCUT2D eigenvalue weighted by Crippen LogP contribution is -2.27. The molecule has 1 aliphatic rings. The molecule has 4 nitrogen and oxygen atoms in total. The van der Waals surface area contributed by atoms with Crippen molar-refractivity contribution in [1.29, 1.82) is 0 Å². The molecule has 0 aromatic carbocycles. The van der Waals surface area contributed by atoms with Crippen LogP contribution in [0.2, 0.25) is 0 Å². The molecule has 0 saturated carbocycles. The van der Waals surface area contributed by atoms with Gasteiger partial charge in [-0.1, -0.05) is 6.08 Å². The summed E-state index contributed by atoms with van der Waals surface area (Å²) in [5.74, 6) is -0.540. The summed E-state index contributed by atoms with van der Waals surface area (Å²) in [4.78, 5) is 21.5. The third-order valence-electron chi connectivity index (χ3n) is 2.41. The van der Waals surface area contributed by atoms with Gasteiger partial charge in [-0.15, -0.1) is 0 Å². The van der Waals surface area contributed by atoms with E-state index in [9.17, 15) is 9.59 Å². The van der Waals surface area contributed by atoms with Gasteiger partial charge >= 0.3 is 11.9 Å². The van der Waals surface area contributed by atoms with Crippen molar-refractivity contribution in [3.05, 3.63) is 11.6 Å². The Bertz CT molecular complexity index is 293. The summed E-state index contributed by atoms with van der Waals surface area (Å²) in [7, 11) is 0. The topological polar surface area (TPSA) is 52.6 Å². The van der Waals surface area contributed by atoms with Crippen molar-refractivity contribution in [3.8, 4) is 0 Å². The molecule has 15 heavy (non-hydrogen) atoms. The van der Waals surface area contributed by atoms with Crippen LogP contribution in [0.15, 0.2) is 11.6 Å². The van der Waals surface area contributed by atoms with Crippen molar-refractivity contribution in [1.82, 2.24) is 0 Å². The fraction of sp³-hybridized carbons (Fsp3) is 0.636. The molecule has 2 atom stereocenters. The molecule has 0 saturated heterocycles. The molecule has 1 rings (SSSR count). The van der Waals surface area contributed by atoms with Crippen LogP contribution in [-0.4, -0.2) is 24.6 Å². The van der Waals surface area contributed by atoms with E-state index in [0.29, 0.717) is 6.61 Å². The number of carbonyl (C=O) groups excluding carboxylic acids is 2. The first-order valence-corrected chi connectivity index (χ1v) is 4.98. The smallest absolute Gasteiger partial charge is 0.303 e. The van der Waals surface area contributed by atoms with Crippen LogP contribution in [0.3, 0.4) is 0 Å². The zero-order valence-electron chi connectivity index (χ0n) is 9.28. The van der Waals surface area contributed by atoms with Gasteiger partial charge in [0.2, 0.25) is 0 Å². The highest BCUT2D eigenvalue weighted by Crippen LogP contribution is 2.28. The van der Waals surface area contributed by atoms with Gasteiger partial charge in [0.15, 0.2) is 0 Å². The van der Waals surface area contributed by atoms with Crippen LogP contribution in [0.25, 0.3) is 0 Å². The first kappa shape index (κ1) is 11.8. The van der Waals surface area contributed by atoms with Crippen LogP contribution in [-0.2, 0) is 19.1 Å². The summed E-state index contributed by atoms with van der Waals surface area (Å²) in [5.41, 5.74) is 1.03. The monoisotopic (exact) mass is 212 g/mol. The number of carbonyl (C=O) groups is 2. The van der Waals surface area contributed by atoms with Gasteiger partial charge in [0.05, 0.1) is 6.61 Å². The average Bonchev–Trinajstić information content (AvgIpc) is 2.44. The van der Waals surface area contributed by atoms with E-state index < -0.39 is 0 Å². The Kier molecular flexibility index (Phi) is 3.88. The summed E-state index contributed by atoms with van der Waals surface area (Å²) in [5, 5.41) is 0. The fourth-order valence-electron chi connectivity index (χ4n) is 1.70. The quantitative estimate of drug-likeness (QED) is 0.525. The highest BCUT2D eigenvalue weighted by atomic mass is 16.6. The van der Waals surface area contributed by atoms with E-state index in [1.54, 1.807) is 0 Å². The van der Waals surface area contributed by atoms with Gasteiger partial charge in [-0.25, -0.2) is 0 Å². The summed E-state index contributed by atoms with van der Waals surface area (Å²) in [6, 6.07) is 0. The van der Waals surface area contributed by atoms with Crippen molar-refractivity contribution in [2.75, 3.05) is 6.61 Å². The lowest BCUT2D eigenvalue weighted by molar-refractivity contribution is -0.149. The van der Waals surface area contributed by atoms with E-state index in [2.05, 4.69) is 0 Å². The van der Waals surface area contributed by atoms with Gasteiger partial charge in [-0.05, 0) is 18.9 Å². The van der Waals surface area contributed by atoms with Gasteiger partial charge in [-0.2, -0.15) is 0 Å². The van der Waals surface area contributed by atoms with Gasteiger partial charge in [-0.3, -0.25) is 9.59 Å². The normalized spacial score (nSPS) is 24.6. The maximum Gasteiger partial charge on any atom is 0.303 e. The summed E-state index contributed by atoms with van der Waals surface area (Å²) >= 11 is 0. The number of esters is 2. The van der Waals surface area contributed by atoms with Crippen molar-refractivity contribution in [2.24, 2.45) is 5.92 Å². The zero-order valence-corrected chi connectivity index (χ0v) is 9.28. The average molecular weight is 212 g/mol. The molecule has 0 fully saturated rings. The second-order valence-corrected chi connectivity index (χ2v) is 3.78. The van der Waals surface area contributed by atoms with E-state index in [4.69, 9.17) is 9.47 Å². The molecule has 0 heterocycles. The Morgan fingerprint density at radius 1 is 1.40 bits per heavy atom. The Morgan fingerprint density at radius 3 is 2.60 bits per heavy atom. The molecule has 0 spiro atoms. The van der Waals surface area contributed by atoms with Gasteiger partial charge in [0.1, 0.15) is 6.10 Å². The number of rotatable bonds is 3. The predicted molar refractivity (Wildman–Crippen MR) is 54.1 cm³/mol. The van der Waals surface area contributed by atoms with Crippen LogP contribution >= 0.6 is 0 Å². The van der Waals surface area contributed by atoms with Gasteiger partial charge < -0.3 is 9.47 Å². The van der Waals surface area contributed by atoms with E-state index in [1.807, 2.05) is 13.0 Å². The van der Waals surface area contributed by atoms with Crippen LogP contribution in [0.5, 0.6) is 0 Å². The molecular weight excluding hydrogens is 196 g/mol. The van der Waals surface area contributed by atoms with Crippen molar-refractivity contribution in [2.45, 2.75) is 33.3 Å². The highest BCUT2D eigenvalue weighted by molar-refractivity contribution is 5.67. The second kappa shape index (κ2) is 4.96. The van der Waals surface area contributed by atoms with E-state index in [1.165, 1.54) is 13.8 Å².